The van der Waals surface area contributed by atoms with Gasteiger partial charge in [-0.1, -0.05) is 29.8 Å². The normalized spacial score (nSPS) is 20.7. The lowest BCUT2D eigenvalue weighted by Gasteiger charge is -2.39. The quantitative estimate of drug-likeness (QED) is 0.146. The molecule has 4 atom stereocenters. The van der Waals surface area contributed by atoms with E-state index < -0.39 is 0 Å². The summed E-state index contributed by atoms with van der Waals surface area (Å²) in [5.41, 5.74) is 10.5. The molecule has 0 unspecified atom stereocenters. The zero-order valence-electron chi connectivity index (χ0n) is 30.0. The molecule has 2 saturated heterocycles. The number of fused-ring (bicyclic) bond motifs is 2. The number of halogens is 1. The number of anilines is 2. The van der Waals surface area contributed by atoms with Gasteiger partial charge < -0.3 is 39.8 Å². The first-order valence-corrected chi connectivity index (χ1v) is 18.3. The summed E-state index contributed by atoms with van der Waals surface area (Å²) in [6.07, 6.45) is 5.93. The predicted molar refractivity (Wildman–Crippen MR) is 206 cm³/mol. The van der Waals surface area contributed by atoms with Crippen LogP contribution in [0.5, 0.6) is 11.5 Å². The van der Waals surface area contributed by atoms with E-state index in [2.05, 4.69) is 83.9 Å². The van der Waals surface area contributed by atoms with Gasteiger partial charge in [0.1, 0.15) is 22.5 Å². The van der Waals surface area contributed by atoms with Crippen molar-refractivity contribution < 1.29 is 18.9 Å². The van der Waals surface area contributed by atoms with E-state index in [1.165, 1.54) is 17.8 Å². The molecule has 4 heterocycles. The Morgan fingerprint density at radius 3 is 1.73 bits per heavy atom. The molecule has 2 fully saturated rings. The van der Waals surface area contributed by atoms with Crippen molar-refractivity contribution in [3.63, 3.8) is 0 Å². The van der Waals surface area contributed by atoms with Gasteiger partial charge in [0.05, 0.1) is 27.4 Å². The molecule has 0 radical (unpaired) electrons. The number of rotatable bonds is 10. The van der Waals surface area contributed by atoms with Gasteiger partial charge in [-0.15, -0.1) is 0 Å². The van der Waals surface area contributed by atoms with Gasteiger partial charge in [0, 0.05) is 98.9 Å². The predicted octanol–water partition coefficient (Wildman–Crippen LogP) is 6.14. The Kier molecular flexibility index (Phi) is 15.6. The minimum Gasteiger partial charge on any atom is -0.494 e. The molecule has 2 aromatic carbocycles. The van der Waals surface area contributed by atoms with Crippen molar-refractivity contribution in [2.45, 2.75) is 38.8 Å². The maximum atomic E-state index is 6.17. The van der Waals surface area contributed by atoms with Gasteiger partial charge in [0.2, 0.25) is 0 Å². The summed E-state index contributed by atoms with van der Waals surface area (Å²) in [5, 5.41) is 6.84. The fourth-order valence-corrected chi connectivity index (χ4v) is 7.20. The summed E-state index contributed by atoms with van der Waals surface area (Å²) in [7, 11) is 6.80. The van der Waals surface area contributed by atoms with Gasteiger partial charge >= 0.3 is 0 Å². The summed E-state index contributed by atoms with van der Waals surface area (Å²) in [6, 6.07) is 17.2. The molecule has 2 aliphatic rings. The van der Waals surface area contributed by atoms with Crippen LogP contribution in [0.15, 0.2) is 60.9 Å². The standard InChI is InChI=1S/C19H27N3O2.C16H21N3O.C3H7BrO/c1-14-11-15(20-9-10-23-2)13-22(12-14)17-6-7-18(24-3)19-16(17)5-4-8-21-19;1-11-8-12(17)10-19(9-11)14-5-6-15(20-2)16-13(14)4-3-7-18-16;1-5-3-2-4/h4-8,14-15,20H,9-13H2,1-3H3;3-7,11-12H,8-10,17H2,1-2H3;2-3H2,1H3/t14-,15+;11-,12+;/m00./s1. The fraction of sp³-hybridized carbons (Fsp3) is 0.526. The molecule has 2 aromatic heterocycles. The summed E-state index contributed by atoms with van der Waals surface area (Å²) >= 11 is 3.18. The van der Waals surface area contributed by atoms with E-state index in [-0.39, 0.29) is 6.04 Å². The Balaban J connectivity index is 0.000000197. The molecule has 0 saturated carbocycles. The van der Waals surface area contributed by atoms with Gasteiger partial charge in [0.15, 0.2) is 0 Å². The van der Waals surface area contributed by atoms with Crippen molar-refractivity contribution in [2.24, 2.45) is 17.6 Å². The van der Waals surface area contributed by atoms with Crippen LogP contribution in [-0.4, -0.2) is 102 Å². The van der Waals surface area contributed by atoms with Gasteiger partial charge in [-0.3, -0.25) is 9.97 Å². The maximum Gasteiger partial charge on any atom is 0.145 e. The Labute approximate surface area is 300 Å². The van der Waals surface area contributed by atoms with E-state index >= 15 is 0 Å². The molecular weight excluding hydrogens is 684 g/mol. The Hall–Kier alpha value is -3.22. The van der Waals surface area contributed by atoms with E-state index in [9.17, 15) is 0 Å². The average Bonchev–Trinajstić information content (AvgIpc) is 3.11. The van der Waals surface area contributed by atoms with Crippen LogP contribution in [0.3, 0.4) is 0 Å². The first-order chi connectivity index (χ1) is 23.8. The fourth-order valence-electron chi connectivity index (χ4n) is 6.88. The molecule has 49 heavy (non-hydrogen) atoms. The van der Waals surface area contributed by atoms with E-state index in [1.807, 2.05) is 30.5 Å². The molecule has 268 valence electrons. The third-order valence-electron chi connectivity index (χ3n) is 8.91. The highest BCUT2D eigenvalue weighted by atomic mass is 79.9. The summed E-state index contributed by atoms with van der Waals surface area (Å²) in [6.45, 7) is 11.1. The molecular formula is C38H55BrN6O4. The highest BCUT2D eigenvalue weighted by Gasteiger charge is 2.26. The monoisotopic (exact) mass is 738 g/mol. The number of nitrogens with one attached hydrogen (secondary N) is 1. The Bertz CT molecular complexity index is 1570. The Morgan fingerprint density at radius 2 is 1.27 bits per heavy atom. The van der Waals surface area contributed by atoms with Crippen LogP contribution in [0.25, 0.3) is 21.8 Å². The van der Waals surface area contributed by atoms with Gasteiger partial charge in [-0.2, -0.15) is 0 Å². The number of aromatic nitrogens is 2. The second kappa shape index (κ2) is 19.8. The first-order valence-electron chi connectivity index (χ1n) is 17.2. The summed E-state index contributed by atoms with van der Waals surface area (Å²) in [5.74, 6) is 2.91. The number of ether oxygens (including phenoxy) is 4. The number of benzene rings is 2. The third kappa shape index (κ3) is 10.6. The van der Waals surface area contributed by atoms with Crippen LogP contribution >= 0.6 is 15.9 Å². The number of pyridine rings is 2. The van der Waals surface area contributed by atoms with Crippen molar-refractivity contribution in [3.8, 4) is 11.5 Å². The number of piperidine rings is 2. The molecule has 10 nitrogen and oxygen atoms in total. The van der Waals surface area contributed by atoms with E-state index in [4.69, 9.17) is 19.9 Å². The second-order valence-electron chi connectivity index (χ2n) is 13.0. The highest BCUT2D eigenvalue weighted by molar-refractivity contribution is 9.09. The largest absolute Gasteiger partial charge is 0.494 e. The van der Waals surface area contributed by atoms with Crippen molar-refractivity contribution in [1.29, 1.82) is 0 Å². The molecule has 0 spiro atoms. The molecule has 0 amide bonds. The van der Waals surface area contributed by atoms with E-state index in [0.717, 1.165) is 91.0 Å². The number of hydrogen-bond donors (Lipinski definition) is 2. The molecule has 6 rings (SSSR count). The summed E-state index contributed by atoms with van der Waals surface area (Å²) in [4.78, 5) is 13.8. The zero-order valence-corrected chi connectivity index (χ0v) is 31.6. The van der Waals surface area contributed by atoms with Crippen molar-refractivity contribution in [2.75, 3.05) is 89.5 Å². The van der Waals surface area contributed by atoms with Gasteiger partial charge in [0.25, 0.3) is 0 Å². The number of methoxy groups -OCH3 is 4. The smallest absolute Gasteiger partial charge is 0.145 e. The van der Waals surface area contributed by atoms with Crippen LogP contribution in [0.2, 0.25) is 0 Å². The molecule has 0 bridgehead atoms. The molecule has 3 N–H and O–H groups in total. The minimum atomic E-state index is 0.243. The molecule has 4 aromatic rings. The molecule has 11 heteroatoms. The zero-order chi connectivity index (χ0) is 35.2. The SMILES string of the molecule is COCCBr.COCCN[C@@H]1C[C@H](C)CN(c2ccc(OC)c3ncccc23)C1.COc1ccc(N2C[C@@H](C)C[C@@H](N)C2)c2cccnc12. The number of alkyl halides is 1. The van der Waals surface area contributed by atoms with Crippen LogP contribution in [-0.2, 0) is 9.47 Å². The van der Waals surface area contributed by atoms with Crippen LogP contribution in [0.4, 0.5) is 11.4 Å². The number of nitrogens with zero attached hydrogens (tertiary/aromatic N) is 4. The third-order valence-corrected chi connectivity index (χ3v) is 9.24. The van der Waals surface area contributed by atoms with Crippen molar-refractivity contribution in [3.05, 3.63) is 60.9 Å². The number of nitrogens with two attached hydrogens (primary N) is 1. The lowest BCUT2D eigenvalue weighted by Crippen LogP contribution is -2.49. The van der Waals surface area contributed by atoms with Gasteiger partial charge in [-0.05, 0) is 73.2 Å². The molecule has 0 aliphatic carbocycles. The van der Waals surface area contributed by atoms with Crippen LogP contribution < -0.4 is 30.3 Å². The molecule has 2 aliphatic heterocycles. The van der Waals surface area contributed by atoms with Crippen molar-refractivity contribution >= 4 is 49.1 Å². The van der Waals surface area contributed by atoms with E-state index in [0.29, 0.717) is 17.9 Å². The highest BCUT2D eigenvalue weighted by Crippen LogP contribution is 2.35. The van der Waals surface area contributed by atoms with Gasteiger partial charge in [-0.25, -0.2) is 0 Å². The lowest BCUT2D eigenvalue weighted by molar-refractivity contribution is 0.192. The number of hydrogen-bond acceptors (Lipinski definition) is 10. The van der Waals surface area contributed by atoms with E-state index in [1.54, 1.807) is 34.6 Å². The van der Waals surface area contributed by atoms with Crippen molar-refractivity contribution in [1.82, 2.24) is 15.3 Å². The Morgan fingerprint density at radius 1 is 0.735 bits per heavy atom. The average molecular weight is 740 g/mol. The summed E-state index contributed by atoms with van der Waals surface area (Å²) < 4.78 is 20.7. The maximum absolute atomic E-state index is 6.17. The topological polar surface area (TPSA) is 107 Å². The lowest BCUT2D eigenvalue weighted by atomic mass is 9.95. The van der Waals surface area contributed by atoms with Crippen LogP contribution in [0.1, 0.15) is 26.7 Å². The van der Waals surface area contributed by atoms with Crippen LogP contribution in [0, 0.1) is 11.8 Å². The minimum absolute atomic E-state index is 0.243. The second-order valence-corrected chi connectivity index (χ2v) is 13.7. The first kappa shape index (κ1) is 38.6.